The Hall–Kier alpha value is -1.80. The summed E-state index contributed by atoms with van der Waals surface area (Å²) in [6, 6.07) is 4.46. The zero-order valence-electron chi connectivity index (χ0n) is 14.1. The molecule has 0 radical (unpaired) electrons. The molecule has 0 spiro atoms. The van der Waals surface area contributed by atoms with Gasteiger partial charge in [0, 0.05) is 18.7 Å². The third-order valence-corrected chi connectivity index (χ3v) is 5.05. The Morgan fingerprint density at radius 2 is 1.91 bits per heavy atom. The van der Waals surface area contributed by atoms with Crippen LogP contribution in [0.1, 0.15) is 20.8 Å². The maximum atomic E-state index is 12.8. The quantitative estimate of drug-likeness (QED) is 0.767. The van der Waals surface area contributed by atoms with Crippen molar-refractivity contribution in [1.82, 2.24) is 9.62 Å². The van der Waals surface area contributed by atoms with Crippen LogP contribution >= 0.6 is 0 Å². The van der Waals surface area contributed by atoms with Gasteiger partial charge in [-0.2, -0.15) is 4.31 Å². The number of nitrogens with zero attached hydrogens (tertiary/aromatic N) is 1. The highest BCUT2D eigenvalue weighted by Crippen LogP contribution is 2.30. The molecule has 1 amide bonds. The minimum Gasteiger partial charge on any atom is -0.497 e. The molecular weight excluding hydrogens is 320 g/mol. The average molecular weight is 344 g/mol. The van der Waals surface area contributed by atoms with E-state index in [1.807, 2.05) is 13.8 Å². The Morgan fingerprint density at radius 3 is 2.39 bits per heavy atom. The molecule has 0 aliphatic rings. The molecule has 0 atom stereocenters. The van der Waals surface area contributed by atoms with E-state index in [2.05, 4.69) is 5.32 Å². The van der Waals surface area contributed by atoms with Crippen LogP contribution in [0.2, 0.25) is 0 Å². The third-order valence-electron chi connectivity index (χ3n) is 3.11. The van der Waals surface area contributed by atoms with Crippen molar-refractivity contribution in [1.29, 1.82) is 0 Å². The summed E-state index contributed by atoms with van der Waals surface area (Å²) in [6.07, 6.45) is 0. The highest BCUT2D eigenvalue weighted by atomic mass is 32.2. The van der Waals surface area contributed by atoms with Crippen molar-refractivity contribution in [3.63, 3.8) is 0 Å². The maximum Gasteiger partial charge on any atom is 0.247 e. The number of hydrogen-bond acceptors (Lipinski definition) is 5. The molecule has 130 valence electrons. The number of carbonyl (C=O) groups excluding carboxylic acids is 1. The number of amides is 1. The first-order chi connectivity index (χ1) is 10.8. The van der Waals surface area contributed by atoms with Crippen molar-refractivity contribution in [3.05, 3.63) is 18.2 Å². The Bertz CT molecular complexity index is 643. The van der Waals surface area contributed by atoms with E-state index in [0.29, 0.717) is 5.75 Å². The van der Waals surface area contributed by atoms with Crippen LogP contribution in [0.4, 0.5) is 0 Å². The fraction of sp³-hybridized carbons (Fsp3) is 0.533. The molecule has 0 saturated heterocycles. The summed E-state index contributed by atoms with van der Waals surface area (Å²) in [6.45, 7) is 5.21. The van der Waals surface area contributed by atoms with Gasteiger partial charge in [0.05, 0.1) is 20.8 Å². The van der Waals surface area contributed by atoms with Gasteiger partial charge in [0.15, 0.2) is 0 Å². The summed E-state index contributed by atoms with van der Waals surface area (Å²) in [7, 11) is -1.05. The van der Waals surface area contributed by atoms with Crippen LogP contribution in [-0.2, 0) is 14.8 Å². The van der Waals surface area contributed by atoms with E-state index in [1.54, 1.807) is 13.0 Å². The molecule has 23 heavy (non-hydrogen) atoms. The maximum absolute atomic E-state index is 12.8. The first-order valence-corrected chi connectivity index (χ1v) is 8.71. The molecule has 1 aromatic rings. The predicted octanol–water partition coefficient (Wildman–Crippen LogP) is 1.24. The number of rotatable bonds is 8. The summed E-state index contributed by atoms with van der Waals surface area (Å²) in [4.78, 5) is 11.9. The SMILES string of the molecule is CCN(CC(=O)NC(C)C)S(=O)(=O)c1cc(OC)ccc1OC. The van der Waals surface area contributed by atoms with E-state index in [1.165, 1.54) is 26.4 Å². The molecule has 1 N–H and O–H groups in total. The number of hydrogen-bond donors (Lipinski definition) is 1. The van der Waals surface area contributed by atoms with E-state index in [-0.39, 0.29) is 35.7 Å². The molecule has 7 nitrogen and oxygen atoms in total. The lowest BCUT2D eigenvalue weighted by Gasteiger charge is -2.22. The molecule has 0 bridgehead atoms. The molecule has 0 aromatic heterocycles. The van der Waals surface area contributed by atoms with Crippen molar-refractivity contribution in [2.24, 2.45) is 0 Å². The molecular formula is C15H24N2O5S. The van der Waals surface area contributed by atoms with E-state index in [0.717, 1.165) is 4.31 Å². The minimum absolute atomic E-state index is 0.0291. The molecule has 0 unspecified atom stereocenters. The zero-order chi connectivity index (χ0) is 17.6. The monoisotopic (exact) mass is 344 g/mol. The second kappa shape index (κ2) is 8.16. The minimum atomic E-state index is -3.89. The van der Waals surface area contributed by atoms with Gasteiger partial charge in [-0.15, -0.1) is 0 Å². The van der Waals surface area contributed by atoms with Crippen LogP contribution in [0.3, 0.4) is 0 Å². The number of benzene rings is 1. The molecule has 0 fully saturated rings. The number of sulfonamides is 1. The summed E-state index contributed by atoms with van der Waals surface area (Å²) in [5.41, 5.74) is 0. The van der Waals surface area contributed by atoms with Crippen molar-refractivity contribution in [2.45, 2.75) is 31.7 Å². The van der Waals surface area contributed by atoms with Crippen LogP contribution in [0.15, 0.2) is 23.1 Å². The van der Waals surface area contributed by atoms with Crippen LogP contribution in [0.5, 0.6) is 11.5 Å². The largest absolute Gasteiger partial charge is 0.497 e. The lowest BCUT2D eigenvalue weighted by atomic mass is 10.3. The van der Waals surface area contributed by atoms with Crippen molar-refractivity contribution in [3.8, 4) is 11.5 Å². The van der Waals surface area contributed by atoms with Crippen LogP contribution in [0.25, 0.3) is 0 Å². The summed E-state index contributed by atoms with van der Waals surface area (Å²) in [5.74, 6) is 0.243. The Morgan fingerprint density at radius 1 is 1.26 bits per heavy atom. The fourth-order valence-corrected chi connectivity index (χ4v) is 3.60. The lowest BCUT2D eigenvalue weighted by Crippen LogP contribution is -2.42. The number of nitrogens with one attached hydrogen (secondary N) is 1. The highest BCUT2D eigenvalue weighted by Gasteiger charge is 2.29. The van der Waals surface area contributed by atoms with Gasteiger partial charge < -0.3 is 14.8 Å². The number of methoxy groups -OCH3 is 2. The number of likely N-dealkylation sites (N-methyl/N-ethyl adjacent to an activating group) is 1. The van der Waals surface area contributed by atoms with Gasteiger partial charge in [-0.05, 0) is 26.0 Å². The average Bonchev–Trinajstić information content (AvgIpc) is 2.50. The van der Waals surface area contributed by atoms with Crippen molar-refractivity contribution in [2.75, 3.05) is 27.3 Å². The van der Waals surface area contributed by atoms with E-state index in [9.17, 15) is 13.2 Å². The second-order valence-electron chi connectivity index (χ2n) is 5.17. The smallest absolute Gasteiger partial charge is 0.247 e. The summed E-state index contributed by atoms with van der Waals surface area (Å²) >= 11 is 0. The van der Waals surface area contributed by atoms with Gasteiger partial charge in [0.2, 0.25) is 15.9 Å². The second-order valence-corrected chi connectivity index (χ2v) is 7.08. The van der Waals surface area contributed by atoms with Gasteiger partial charge in [0.1, 0.15) is 16.4 Å². The first-order valence-electron chi connectivity index (χ1n) is 7.27. The molecule has 8 heteroatoms. The standard InChI is InChI=1S/C15H24N2O5S/c1-6-17(10-15(18)16-11(2)3)23(19,20)14-9-12(21-4)7-8-13(14)22-5/h7-9,11H,6,10H2,1-5H3,(H,16,18). The van der Waals surface area contributed by atoms with Gasteiger partial charge >= 0.3 is 0 Å². The van der Waals surface area contributed by atoms with Gasteiger partial charge in [-0.25, -0.2) is 8.42 Å². The molecule has 0 aliphatic heterocycles. The fourth-order valence-electron chi connectivity index (χ4n) is 2.02. The van der Waals surface area contributed by atoms with Crippen LogP contribution in [0, 0.1) is 0 Å². The molecule has 0 heterocycles. The highest BCUT2D eigenvalue weighted by molar-refractivity contribution is 7.89. The number of ether oxygens (including phenoxy) is 2. The molecule has 1 aromatic carbocycles. The summed E-state index contributed by atoms with van der Waals surface area (Å²) in [5, 5.41) is 2.68. The molecule has 1 rings (SSSR count). The van der Waals surface area contributed by atoms with Crippen LogP contribution in [-0.4, -0.2) is 52.0 Å². The first kappa shape index (κ1) is 19.2. The van der Waals surface area contributed by atoms with E-state index in [4.69, 9.17) is 9.47 Å². The normalized spacial score (nSPS) is 11.6. The Kier molecular flexibility index (Phi) is 6.83. The lowest BCUT2D eigenvalue weighted by molar-refractivity contribution is -0.121. The third kappa shape index (κ3) is 4.84. The molecule has 0 aliphatic carbocycles. The van der Waals surface area contributed by atoms with E-state index < -0.39 is 10.0 Å². The van der Waals surface area contributed by atoms with Gasteiger partial charge in [0.25, 0.3) is 0 Å². The Labute approximate surface area is 137 Å². The number of carbonyl (C=O) groups is 1. The van der Waals surface area contributed by atoms with Gasteiger partial charge in [-0.3, -0.25) is 4.79 Å². The summed E-state index contributed by atoms with van der Waals surface area (Å²) < 4.78 is 37.0. The predicted molar refractivity (Wildman–Crippen MR) is 87.3 cm³/mol. The van der Waals surface area contributed by atoms with Gasteiger partial charge in [-0.1, -0.05) is 6.92 Å². The Balaban J connectivity index is 3.19. The topological polar surface area (TPSA) is 84.9 Å². The van der Waals surface area contributed by atoms with Crippen molar-refractivity contribution < 1.29 is 22.7 Å². The molecule has 0 saturated carbocycles. The van der Waals surface area contributed by atoms with E-state index >= 15 is 0 Å². The van der Waals surface area contributed by atoms with Crippen LogP contribution < -0.4 is 14.8 Å². The zero-order valence-corrected chi connectivity index (χ0v) is 14.9. The van der Waals surface area contributed by atoms with Crippen molar-refractivity contribution >= 4 is 15.9 Å².